The van der Waals surface area contributed by atoms with Gasteiger partial charge in [-0.2, -0.15) is 9.78 Å². The molecule has 0 atom stereocenters. The standard InChI is InChI=1S/C20H21N3O4S/c1-5-27-20(26)16-14-10-28-18(21-17(24)11(2)3)15(14)19(25)23(22-16)13-8-6-12(4)7-9-13/h6-11H,5H2,1-4H3,(H,21,24). The number of hydrogen-bond acceptors (Lipinski definition) is 6. The van der Waals surface area contributed by atoms with Gasteiger partial charge >= 0.3 is 5.97 Å². The fourth-order valence-electron chi connectivity index (χ4n) is 2.61. The number of carbonyl (C=O) groups excluding carboxylic acids is 2. The highest BCUT2D eigenvalue weighted by molar-refractivity contribution is 7.16. The molecule has 1 aromatic carbocycles. The molecule has 2 heterocycles. The Morgan fingerprint density at radius 1 is 1.25 bits per heavy atom. The van der Waals surface area contributed by atoms with Gasteiger partial charge in [-0.05, 0) is 26.0 Å². The summed E-state index contributed by atoms with van der Waals surface area (Å²) >= 11 is 1.19. The molecule has 7 nitrogen and oxygen atoms in total. The average molecular weight is 399 g/mol. The number of anilines is 1. The van der Waals surface area contributed by atoms with Crippen molar-refractivity contribution in [3.8, 4) is 5.69 Å². The summed E-state index contributed by atoms with van der Waals surface area (Å²) in [4.78, 5) is 37.8. The van der Waals surface area contributed by atoms with E-state index < -0.39 is 11.5 Å². The monoisotopic (exact) mass is 399 g/mol. The van der Waals surface area contributed by atoms with E-state index in [1.807, 2.05) is 19.1 Å². The molecule has 0 saturated heterocycles. The van der Waals surface area contributed by atoms with Crippen molar-refractivity contribution in [2.24, 2.45) is 5.92 Å². The summed E-state index contributed by atoms with van der Waals surface area (Å²) in [5, 5.41) is 9.71. The molecule has 0 radical (unpaired) electrons. The average Bonchev–Trinajstić information content (AvgIpc) is 3.07. The minimum Gasteiger partial charge on any atom is -0.461 e. The van der Waals surface area contributed by atoms with Crippen molar-refractivity contribution in [1.29, 1.82) is 0 Å². The molecule has 0 aliphatic carbocycles. The molecule has 1 amide bonds. The first kappa shape index (κ1) is 19.8. The van der Waals surface area contributed by atoms with Gasteiger partial charge in [-0.3, -0.25) is 9.59 Å². The van der Waals surface area contributed by atoms with Crippen molar-refractivity contribution >= 4 is 39.0 Å². The predicted octanol–water partition coefficient (Wildman–Crippen LogP) is 3.53. The van der Waals surface area contributed by atoms with Crippen LogP contribution in [-0.2, 0) is 9.53 Å². The quantitative estimate of drug-likeness (QED) is 0.663. The van der Waals surface area contributed by atoms with Crippen LogP contribution in [0.4, 0.5) is 5.00 Å². The third kappa shape index (κ3) is 3.68. The van der Waals surface area contributed by atoms with Gasteiger partial charge in [-0.25, -0.2) is 4.79 Å². The van der Waals surface area contributed by atoms with Crippen molar-refractivity contribution in [2.75, 3.05) is 11.9 Å². The van der Waals surface area contributed by atoms with Crippen LogP contribution in [0.25, 0.3) is 16.5 Å². The Kier molecular flexibility index (Phi) is 5.60. The minimum atomic E-state index is -0.618. The first-order chi connectivity index (χ1) is 13.3. The zero-order chi connectivity index (χ0) is 20.4. The normalized spacial score (nSPS) is 11.0. The van der Waals surface area contributed by atoms with E-state index in [-0.39, 0.29) is 29.5 Å². The zero-order valence-corrected chi connectivity index (χ0v) is 16.9. The van der Waals surface area contributed by atoms with E-state index in [0.29, 0.717) is 16.1 Å². The van der Waals surface area contributed by atoms with Crippen LogP contribution in [0.2, 0.25) is 0 Å². The van der Waals surface area contributed by atoms with E-state index in [2.05, 4.69) is 10.4 Å². The van der Waals surface area contributed by atoms with E-state index in [1.54, 1.807) is 38.3 Å². The number of amides is 1. The number of aromatic nitrogens is 2. The van der Waals surface area contributed by atoms with Gasteiger partial charge in [0, 0.05) is 16.7 Å². The maximum Gasteiger partial charge on any atom is 0.359 e. The Labute approximate surface area is 165 Å². The van der Waals surface area contributed by atoms with Gasteiger partial charge < -0.3 is 10.1 Å². The molecular weight excluding hydrogens is 378 g/mol. The van der Waals surface area contributed by atoms with E-state index in [4.69, 9.17) is 4.74 Å². The molecule has 28 heavy (non-hydrogen) atoms. The Morgan fingerprint density at radius 3 is 2.54 bits per heavy atom. The first-order valence-electron chi connectivity index (χ1n) is 8.93. The van der Waals surface area contributed by atoms with Gasteiger partial charge in [0.05, 0.1) is 17.7 Å². The Hall–Kier alpha value is -3.00. The molecule has 0 bridgehead atoms. The molecule has 0 unspecified atom stereocenters. The second kappa shape index (κ2) is 7.93. The predicted molar refractivity (Wildman–Crippen MR) is 109 cm³/mol. The minimum absolute atomic E-state index is 0.0401. The maximum absolute atomic E-state index is 13.2. The Bertz CT molecular complexity index is 1100. The number of benzene rings is 1. The number of aryl methyl sites for hydroxylation is 1. The van der Waals surface area contributed by atoms with Gasteiger partial charge in [-0.15, -0.1) is 11.3 Å². The van der Waals surface area contributed by atoms with Crippen LogP contribution in [0.15, 0.2) is 34.4 Å². The fourth-order valence-corrected chi connectivity index (χ4v) is 3.55. The van der Waals surface area contributed by atoms with Gasteiger partial charge in [0.2, 0.25) is 5.91 Å². The van der Waals surface area contributed by atoms with Crippen LogP contribution in [0.3, 0.4) is 0 Å². The summed E-state index contributed by atoms with van der Waals surface area (Å²) in [5.74, 6) is -1.07. The van der Waals surface area contributed by atoms with Gasteiger partial charge in [-0.1, -0.05) is 31.5 Å². The summed E-state index contributed by atoms with van der Waals surface area (Å²) in [6.45, 7) is 7.36. The topological polar surface area (TPSA) is 90.3 Å². The number of ether oxygens (including phenoxy) is 1. The maximum atomic E-state index is 13.2. The number of nitrogens with zero attached hydrogens (tertiary/aromatic N) is 2. The molecule has 146 valence electrons. The summed E-state index contributed by atoms with van der Waals surface area (Å²) in [5.41, 5.74) is 1.19. The van der Waals surface area contributed by atoms with Gasteiger partial charge in [0.1, 0.15) is 5.00 Å². The van der Waals surface area contributed by atoms with Crippen molar-refractivity contribution in [3.63, 3.8) is 0 Å². The number of hydrogen-bond donors (Lipinski definition) is 1. The first-order valence-corrected chi connectivity index (χ1v) is 9.81. The molecular formula is C20H21N3O4S. The van der Waals surface area contributed by atoms with Crippen molar-refractivity contribution in [3.05, 3.63) is 51.3 Å². The molecule has 0 spiro atoms. The lowest BCUT2D eigenvalue weighted by Crippen LogP contribution is -2.26. The number of rotatable bonds is 5. The zero-order valence-electron chi connectivity index (χ0n) is 16.1. The highest BCUT2D eigenvalue weighted by Crippen LogP contribution is 2.31. The van der Waals surface area contributed by atoms with Crippen LogP contribution in [0.1, 0.15) is 36.8 Å². The smallest absolute Gasteiger partial charge is 0.359 e. The molecule has 0 saturated carbocycles. The summed E-state index contributed by atoms with van der Waals surface area (Å²) < 4.78 is 6.29. The number of esters is 1. The highest BCUT2D eigenvalue weighted by Gasteiger charge is 2.23. The third-order valence-electron chi connectivity index (χ3n) is 4.16. The van der Waals surface area contributed by atoms with E-state index in [1.165, 1.54) is 16.0 Å². The van der Waals surface area contributed by atoms with Gasteiger partial charge in [0.15, 0.2) is 5.69 Å². The van der Waals surface area contributed by atoms with E-state index >= 15 is 0 Å². The molecule has 0 aliphatic rings. The molecule has 3 aromatic rings. The van der Waals surface area contributed by atoms with Crippen LogP contribution in [-0.4, -0.2) is 28.3 Å². The number of fused-ring (bicyclic) bond motifs is 1. The van der Waals surface area contributed by atoms with Crippen LogP contribution in [0.5, 0.6) is 0 Å². The second-order valence-corrected chi connectivity index (χ2v) is 7.50. The van der Waals surface area contributed by atoms with Gasteiger partial charge in [0.25, 0.3) is 5.56 Å². The molecule has 0 fully saturated rings. The lowest BCUT2D eigenvalue weighted by Gasteiger charge is -2.10. The summed E-state index contributed by atoms with van der Waals surface area (Å²) in [7, 11) is 0. The van der Waals surface area contributed by atoms with Crippen molar-refractivity contribution in [1.82, 2.24) is 9.78 Å². The Morgan fingerprint density at radius 2 is 1.93 bits per heavy atom. The second-order valence-electron chi connectivity index (χ2n) is 6.62. The molecule has 3 rings (SSSR count). The highest BCUT2D eigenvalue weighted by atomic mass is 32.1. The van der Waals surface area contributed by atoms with Crippen molar-refractivity contribution in [2.45, 2.75) is 27.7 Å². The van der Waals surface area contributed by atoms with Crippen LogP contribution >= 0.6 is 11.3 Å². The van der Waals surface area contributed by atoms with Crippen LogP contribution < -0.4 is 10.9 Å². The molecule has 1 N–H and O–H groups in total. The molecule has 2 aromatic heterocycles. The lowest BCUT2D eigenvalue weighted by atomic mass is 10.2. The molecule has 0 aliphatic heterocycles. The number of carbonyl (C=O) groups is 2. The molecule has 8 heteroatoms. The fraction of sp³-hybridized carbons (Fsp3) is 0.300. The van der Waals surface area contributed by atoms with Crippen LogP contribution in [0, 0.1) is 12.8 Å². The van der Waals surface area contributed by atoms with E-state index in [9.17, 15) is 14.4 Å². The number of nitrogens with one attached hydrogen (secondary N) is 1. The summed E-state index contributed by atoms with van der Waals surface area (Å²) in [6, 6.07) is 7.21. The lowest BCUT2D eigenvalue weighted by molar-refractivity contribution is -0.118. The Balaban J connectivity index is 2.27. The third-order valence-corrected chi connectivity index (χ3v) is 5.06. The van der Waals surface area contributed by atoms with E-state index in [0.717, 1.165) is 5.56 Å². The largest absolute Gasteiger partial charge is 0.461 e. The summed E-state index contributed by atoms with van der Waals surface area (Å²) in [6.07, 6.45) is 0. The van der Waals surface area contributed by atoms with Crippen molar-refractivity contribution < 1.29 is 14.3 Å². The SMILES string of the molecule is CCOC(=O)c1nn(-c2ccc(C)cc2)c(=O)c2c(NC(=O)C(C)C)scc12. The number of thiophene rings is 1.